The summed E-state index contributed by atoms with van der Waals surface area (Å²) in [5, 5.41) is 0. The van der Waals surface area contributed by atoms with Crippen LogP contribution in [0.1, 0.15) is 13.3 Å². The summed E-state index contributed by atoms with van der Waals surface area (Å²) in [7, 11) is 0. The Kier molecular flexibility index (Phi) is 2.82. The zero-order valence-corrected chi connectivity index (χ0v) is 6.88. The SMILES string of the molecule is CCC(Cl)N1C=CC=CC1. The molecule has 0 aliphatic carbocycles. The number of halogens is 1. The lowest BCUT2D eigenvalue weighted by Crippen LogP contribution is -2.26. The van der Waals surface area contributed by atoms with Crippen molar-refractivity contribution >= 4 is 11.6 Å². The van der Waals surface area contributed by atoms with E-state index in [2.05, 4.69) is 17.9 Å². The molecule has 1 unspecified atom stereocenters. The molecule has 0 saturated heterocycles. The number of hydrogen-bond acceptors (Lipinski definition) is 1. The quantitative estimate of drug-likeness (QED) is 0.440. The Bertz CT molecular complexity index is 151. The van der Waals surface area contributed by atoms with Gasteiger partial charge in [0.25, 0.3) is 0 Å². The smallest absolute Gasteiger partial charge is 0.103 e. The van der Waals surface area contributed by atoms with Crippen molar-refractivity contribution in [3.8, 4) is 0 Å². The number of alkyl halides is 1. The molecule has 0 amide bonds. The third-order valence-corrected chi connectivity index (χ3v) is 2.10. The van der Waals surface area contributed by atoms with E-state index in [-0.39, 0.29) is 5.50 Å². The molecule has 0 radical (unpaired) electrons. The highest BCUT2D eigenvalue weighted by atomic mass is 35.5. The molecule has 0 aromatic carbocycles. The average Bonchev–Trinajstić information content (AvgIpc) is 2.05. The van der Waals surface area contributed by atoms with Crippen LogP contribution in [0.3, 0.4) is 0 Å². The predicted molar refractivity (Wildman–Crippen MR) is 44.9 cm³/mol. The van der Waals surface area contributed by atoms with Crippen LogP contribution < -0.4 is 0 Å². The topological polar surface area (TPSA) is 3.24 Å². The van der Waals surface area contributed by atoms with Gasteiger partial charge in [0, 0.05) is 12.7 Å². The van der Waals surface area contributed by atoms with Crippen molar-refractivity contribution in [2.75, 3.05) is 6.54 Å². The molecule has 0 aromatic heterocycles. The lowest BCUT2D eigenvalue weighted by atomic mass is 10.3. The number of rotatable bonds is 2. The summed E-state index contributed by atoms with van der Waals surface area (Å²) >= 11 is 5.98. The largest absolute Gasteiger partial charge is 0.358 e. The fourth-order valence-corrected chi connectivity index (χ4v) is 1.07. The minimum atomic E-state index is 0.154. The van der Waals surface area contributed by atoms with E-state index in [9.17, 15) is 0 Å². The Hall–Kier alpha value is -0.430. The van der Waals surface area contributed by atoms with Crippen LogP contribution in [0, 0.1) is 0 Å². The maximum absolute atomic E-state index is 5.98. The third-order valence-electron chi connectivity index (χ3n) is 1.54. The van der Waals surface area contributed by atoms with Gasteiger partial charge in [0.1, 0.15) is 5.50 Å². The lowest BCUT2D eigenvalue weighted by molar-refractivity contribution is 0.372. The Labute approximate surface area is 67.0 Å². The molecular formula is C8H12ClN. The van der Waals surface area contributed by atoms with Gasteiger partial charge in [-0.3, -0.25) is 0 Å². The van der Waals surface area contributed by atoms with Crippen LogP contribution in [0.4, 0.5) is 0 Å². The first-order valence-electron chi connectivity index (χ1n) is 3.57. The standard InChI is InChI=1S/C8H12ClN/c1-2-8(9)10-6-4-3-5-7-10/h3-6,8H,2,7H2,1H3. The monoisotopic (exact) mass is 157 g/mol. The second kappa shape index (κ2) is 3.67. The molecule has 0 fully saturated rings. The molecule has 1 aliphatic rings. The van der Waals surface area contributed by atoms with Gasteiger partial charge in [0.2, 0.25) is 0 Å². The zero-order valence-electron chi connectivity index (χ0n) is 6.13. The molecule has 0 aromatic rings. The Morgan fingerprint density at radius 2 is 2.40 bits per heavy atom. The molecule has 0 N–H and O–H groups in total. The van der Waals surface area contributed by atoms with E-state index in [1.807, 2.05) is 18.4 Å². The van der Waals surface area contributed by atoms with Crippen molar-refractivity contribution in [1.29, 1.82) is 0 Å². The van der Waals surface area contributed by atoms with Gasteiger partial charge < -0.3 is 4.90 Å². The van der Waals surface area contributed by atoms with Crippen molar-refractivity contribution in [1.82, 2.24) is 4.90 Å². The molecule has 1 aliphatic heterocycles. The van der Waals surface area contributed by atoms with Crippen LogP contribution in [0.2, 0.25) is 0 Å². The van der Waals surface area contributed by atoms with Crippen LogP contribution in [-0.2, 0) is 0 Å². The van der Waals surface area contributed by atoms with E-state index in [1.165, 1.54) is 0 Å². The van der Waals surface area contributed by atoms with Gasteiger partial charge in [0.15, 0.2) is 0 Å². The highest BCUT2D eigenvalue weighted by molar-refractivity contribution is 6.20. The van der Waals surface area contributed by atoms with E-state index < -0.39 is 0 Å². The summed E-state index contributed by atoms with van der Waals surface area (Å²) in [5.74, 6) is 0. The molecule has 2 heteroatoms. The fraction of sp³-hybridized carbons (Fsp3) is 0.500. The molecule has 0 bridgehead atoms. The van der Waals surface area contributed by atoms with E-state index in [0.29, 0.717) is 0 Å². The molecule has 1 rings (SSSR count). The van der Waals surface area contributed by atoms with Gasteiger partial charge >= 0.3 is 0 Å². The molecule has 0 saturated carbocycles. The van der Waals surface area contributed by atoms with Crippen LogP contribution in [0.5, 0.6) is 0 Å². The second-order valence-electron chi connectivity index (χ2n) is 2.31. The van der Waals surface area contributed by atoms with Crippen LogP contribution in [0.15, 0.2) is 24.4 Å². The zero-order chi connectivity index (χ0) is 7.40. The van der Waals surface area contributed by atoms with E-state index in [0.717, 1.165) is 13.0 Å². The summed E-state index contributed by atoms with van der Waals surface area (Å²) in [6, 6.07) is 0. The Morgan fingerprint density at radius 1 is 1.60 bits per heavy atom. The summed E-state index contributed by atoms with van der Waals surface area (Å²) < 4.78 is 0. The number of allylic oxidation sites excluding steroid dienone is 2. The van der Waals surface area contributed by atoms with Crippen molar-refractivity contribution in [3.63, 3.8) is 0 Å². The maximum atomic E-state index is 5.98. The average molecular weight is 158 g/mol. The van der Waals surface area contributed by atoms with Gasteiger partial charge in [-0.15, -0.1) is 0 Å². The van der Waals surface area contributed by atoms with Gasteiger partial charge in [-0.25, -0.2) is 0 Å². The predicted octanol–water partition coefficient (Wildman–Crippen LogP) is 2.35. The summed E-state index contributed by atoms with van der Waals surface area (Å²) in [6.45, 7) is 3.03. The summed E-state index contributed by atoms with van der Waals surface area (Å²) in [6.07, 6.45) is 9.16. The van der Waals surface area contributed by atoms with Gasteiger partial charge in [-0.05, 0) is 12.5 Å². The summed E-state index contributed by atoms with van der Waals surface area (Å²) in [5.41, 5.74) is 0.154. The molecule has 56 valence electrons. The molecule has 1 heterocycles. The summed E-state index contributed by atoms with van der Waals surface area (Å²) in [4.78, 5) is 2.11. The van der Waals surface area contributed by atoms with Gasteiger partial charge in [-0.1, -0.05) is 30.7 Å². The second-order valence-corrected chi connectivity index (χ2v) is 2.81. The first-order valence-corrected chi connectivity index (χ1v) is 4.01. The number of nitrogens with zero attached hydrogens (tertiary/aromatic N) is 1. The van der Waals surface area contributed by atoms with Gasteiger partial charge in [0.05, 0.1) is 0 Å². The van der Waals surface area contributed by atoms with Crippen molar-refractivity contribution in [2.24, 2.45) is 0 Å². The van der Waals surface area contributed by atoms with E-state index >= 15 is 0 Å². The highest BCUT2D eigenvalue weighted by Gasteiger charge is 2.08. The lowest BCUT2D eigenvalue weighted by Gasteiger charge is -2.24. The fourth-order valence-electron chi connectivity index (χ4n) is 0.925. The van der Waals surface area contributed by atoms with E-state index in [4.69, 9.17) is 11.6 Å². The molecule has 1 nitrogen and oxygen atoms in total. The van der Waals surface area contributed by atoms with E-state index in [1.54, 1.807) is 0 Å². The Morgan fingerprint density at radius 3 is 2.90 bits per heavy atom. The normalized spacial score (nSPS) is 19.6. The van der Waals surface area contributed by atoms with Crippen molar-refractivity contribution in [3.05, 3.63) is 24.4 Å². The van der Waals surface area contributed by atoms with Crippen LogP contribution >= 0.6 is 11.6 Å². The highest BCUT2D eigenvalue weighted by Crippen LogP contribution is 2.11. The Balaban J connectivity index is 2.42. The first-order chi connectivity index (χ1) is 4.84. The molecule has 10 heavy (non-hydrogen) atoms. The minimum Gasteiger partial charge on any atom is -0.358 e. The van der Waals surface area contributed by atoms with Crippen molar-refractivity contribution < 1.29 is 0 Å². The van der Waals surface area contributed by atoms with Crippen LogP contribution in [-0.4, -0.2) is 16.9 Å². The first kappa shape index (κ1) is 7.67. The molecule has 1 atom stereocenters. The minimum absolute atomic E-state index is 0.154. The van der Waals surface area contributed by atoms with Gasteiger partial charge in [-0.2, -0.15) is 0 Å². The molecular weight excluding hydrogens is 146 g/mol. The number of hydrogen-bond donors (Lipinski definition) is 0. The maximum Gasteiger partial charge on any atom is 0.103 e. The molecule has 0 spiro atoms. The van der Waals surface area contributed by atoms with Crippen molar-refractivity contribution in [2.45, 2.75) is 18.8 Å². The third kappa shape index (κ3) is 1.77. The van der Waals surface area contributed by atoms with Crippen LogP contribution in [0.25, 0.3) is 0 Å².